The van der Waals surface area contributed by atoms with Gasteiger partial charge >= 0.3 is 6.09 Å². The largest absolute Gasteiger partial charge is 0.459 e. The van der Waals surface area contributed by atoms with Gasteiger partial charge in [-0.1, -0.05) is 43.1 Å². The molecule has 0 spiro atoms. The number of fused-ring (bicyclic) bond motifs is 2. The molecule has 1 saturated carbocycles. The zero-order chi connectivity index (χ0) is 38.0. The lowest BCUT2D eigenvalue weighted by atomic mass is 9.55. The summed E-state index contributed by atoms with van der Waals surface area (Å²) >= 11 is 0. The number of carbonyl (C=O) groups is 1. The van der Waals surface area contributed by atoms with E-state index in [9.17, 15) is 25.1 Å². The average Bonchev–Trinajstić information content (AvgIpc) is 3.15. The number of hydrogen-bond acceptors (Lipinski definition) is 11. The quantitative estimate of drug-likeness (QED) is 0.0639. The normalized spacial score (nSPS) is 25.0. The zero-order valence-corrected chi connectivity index (χ0v) is 31.0. The first-order valence-corrected chi connectivity index (χ1v) is 18.7. The van der Waals surface area contributed by atoms with Crippen LogP contribution in [-0.2, 0) is 14.3 Å². The van der Waals surface area contributed by atoms with Crippen LogP contribution in [-0.4, -0.2) is 83.8 Å². The SMILES string of the molecule is C=CCOC12Oc3ccc(Oc4cccc([N+](=O)[O-])c4)cc3C3C(CCCCO)C(CCCCO)C=C(C(=NOC)CC1N(CCC)C(=O)OCC)C32. The van der Waals surface area contributed by atoms with E-state index in [1.165, 1.54) is 19.2 Å². The number of allylic oxidation sites excluding steroid dienone is 1. The first-order chi connectivity index (χ1) is 25.8. The molecule has 2 aliphatic carbocycles. The van der Waals surface area contributed by atoms with E-state index in [2.05, 4.69) is 17.8 Å². The van der Waals surface area contributed by atoms with Crippen molar-refractivity contribution in [1.29, 1.82) is 0 Å². The molecule has 2 aromatic carbocycles. The summed E-state index contributed by atoms with van der Waals surface area (Å²) < 4.78 is 25.9. The third-order valence-corrected chi connectivity index (χ3v) is 10.5. The van der Waals surface area contributed by atoms with E-state index >= 15 is 0 Å². The highest BCUT2D eigenvalue weighted by atomic mass is 16.7. The predicted molar refractivity (Wildman–Crippen MR) is 199 cm³/mol. The monoisotopic (exact) mass is 735 g/mol. The molecule has 1 heterocycles. The van der Waals surface area contributed by atoms with Gasteiger partial charge in [0, 0.05) is 43.7 Å². The van der Waals surface area contributed by atoms with Crippen molar-refractivity contribution in [2.45, 2.75) is 83.0 Å². The second-order valence-corrected chi connectivity index (χ2v) is 13.7. The van der Waals surface area contributed by atoms with E-state index in [4.69, 9.17) is 23.8 Å². The van der Waals surface area contributed by atoms with Crippen LogP contribution in [0.15, 0.2) is 71.9 Å². The second-order valence-electron chi connectivity index (χ2n) is 13.7. The summed E-state index contributed by atoms with van der Waals surface area (Å²) in [7, 11) is 1.51. The standard InChI is InChI=1S/C40H53N3O10/c1-5-19-42(39(46)50-7-3)36-26-34(41-49-4)32-23-27(13-8-10-20-44)31(16-9-11-21-45)37-33-25-30(52-29-15-12-14-28(24-29)43(47)48)17-18-35(33)53-40(36,38(32)37)51-22-6-2/h6,12,14-15,17-18,23-25,27,31,36-38,44-45H,2,5,7-11,13,16,19-22,26H2,1,3-4H3. The lowest BCUT2D eigenvalue weighted by Crippen LogP contribution is -2.70. The number of nitro benzene ring substituents is 1. The maximum absolute atomic E-state index is 13.8. The van der Waals surface area contributed by atoms with Gasteiger partial charge < -0.3 is 34.0 Å². The summed E-state index contributed by atoms with van der Waals surface area (Å²) in [5, 5.41) is 35.6. The van der Waals surface area contributed by atoms with Crippen LogP contribution >= 0.6 is 0 Å². The van der Waals surface area contributed by atoms with Crippen molar-refractivity contribution >= 4 is 17.5 Å². The van der Waals surface area contributed by atoms with Gasteiger partial charge in [0.1, 0.15) is 30.4 Å². The number of ether oxygens (including phenoxy) is 4. The molecule has 0 bridgehead atoms. The highest BCUT2D eigenvalue weighted by Crippen LogP contribution is 2.62. The Kier molecular flexibility index (Phi) is 13.9. The van der Waals surface area contributed by atoms with Gasteiger partial charge in [-0.2, -0.15) is 0 Å². The number of amides is 1. The van der Waals surface area contributed by atoms with Crippen LogP contribution in [0.25, 0.3) is 0 Å². The summed E-state index contributed by atoms with van der Waals surface area (Å²) in [6.45, 7) is 8.62. The van der Waals surface area contributed by atoms with Gasteiger partial charge in [0.15, 0.2) is 0 Å². The molecule has 3 aliphatic rings. The fraction of sp³-hybridized carbons (Fsp3) is 0.550. The van der Waals surface area contributed by atoms with E-state index in [0.29, 0.717) is 48.8 Å². The summed E-state index contributed by atoms with van der Waals surface area (Å²) in [4.78, 5) is 32.0. The van der Waals surface area contributed by atoms with Gasteiger partial charge in [-0.25, -0.2) is 4.79 Å². The number of aliphatic hydroxyl groups is 2. The third-order valence-electron chi connectivity index (χ3n) is 10.5. The van der Waals surface area contributed by atoms with Crippen molar-refractivity contribution in [1.82, 2.24) is 4.90 Å². The molecular weight excluding hydrogens is 682 g/mol. The molecule has 0 saturated heterocycles. The maximum Gasteiger partial charge on any atom is 0.410 e. The number of rotatable bonds is 19. The van der Waals surface area contributed by atoms with Gasteiger partial charge in [0.2, 0.25) is 5.79 Å². The molecule has 2 aromatic rings. The number of carbonyl (C=O) groups excluding carboxylic acids is 1. The Labute approximate surface area is 311 Å². The Morgan fingerprint density at radius 2 is 1.87 bits per heavy atom. The molecule has 13 nitrogen and oxygen atoms in total. The number of aliphatic hydroxyl groups excluding tert-OH is 2. The van der Waals surface area contributed by atoms with Crippen LogP contribution in [0.2, 0.25) is 0 Å². The topological polar surface area (TPSA) is 162 Å². The van der Waals surface area contributed by atoms with E-state index in [1.54, 1.807) is 36.1 Å². The summed E-state index contributed by atoms with van der Waals surface area (Å²) in [6, 6.07) is 10.9. The molecule has 2 N–H and O–H groups in total. The van der Waals surface area contributed by atoms with Crippen molar-refractivity contribution in [3.05, 3.63) is 82.4 Å². The van der Waals surface area contributed by atoms with E-state index in [-0.39, 0.29) is 56.3 Å². The molecular formula is C40H53N3O10. The second kappa shape index (κ2) is 18.5. The maximum atomic E-state index is 13.8. The van der Waals surface area contributed by atoms with Crippen molar-refractivity contribution in [2.24, 2.45) is 22.9 Å². The lowest BCUT2D eigenvalue weighted by Gasteiger charge is -2.59. The van der Waals surface area contributed by atoms with Crippen LogP contribution in [0.4, 0.5) is 10.5 Å². The molecule has 288 valence electrons. The summed E-state index contributed by atoms with van der Waals surface area (Å²) in [5.41, 5.74) is 2.40. The van der Waals surface area contributed by atoms with Crippen LogP contribution in [0.3, 0.4) is 0 Å². The number of unbranched alkanes of at least 4 members (excludes halogenated alkanes) is 2. The third kappa shape index (κ3) is 8.53. The van der Waals surface area contributed by atoms with Gasteiger partial charge in [-0.15, -0.1) is 6.58 Å². The van der Waals surface area contributed by atoms with Crippen LogP contribution in [0, 0.1) is 27.9 Å². The van der Waals surface area contributed by atoms with Gasteiger partial charge in [0.25, 0.3) is 5.69 Å². The number of nitro groups is 1. The molecule has 0 radical (unpaired) electrons. The van der Waals surface area contributed by atoms with Gasteiger partial charge in [0.05, 0.1) is 35.8 Å². The molecule has 1 aliphatic heterocycles. The minimum atomic E-state index is -1.39. The number of oxime groups is 1. The molecule has 1 amide bonds. The molecule has 53 heavy (non-hydrogen) atoms. The van der Waals surface area contributed by atoms with Crippen molar-refractivity contribution in [3.8, 4) is 17.2 Å². The Morgan fingerprint density at radius 3 is 2.55 bits per heavy atom. The molecule has 13 heteroatoms. The lowest BCUT2D eigenvalue weighted by molar-refractivity contribution is -0.384. The number of hydrogen-bond donors (Lipinski definition) is 2. The Morgan fingerprint density at radius 1 is 1.11 bits per heavy atom. The predicted octanol–water partition coefficient (Wildman–Crippen LogP) is 7.52. The minimum absolute atomic E-state index is 0.0289. The zero-order valence-electron chi connectivity index (χ0n) is 31.0. The Balaban J connectivity index is 1.76. The fourth-order valence-corrected chi connectivity index (χ4v) is 8.44. The Hall–Kier alpha value is -4.46. The molecule has 6 atom stereocenters. The van der Waals surface area contributed by atoms with Gasteiger partial charge in [-0.3, -0.25) is 15.0 Å². The minimum Gasteiger partial charge on any atom is -0.459 e. The number of benzene rings is 2. The summed E-state index contributed by atoms with van der Waals surface area (Å²) in [5.74, 6) is -0.642. The number of nitrogens with zero attached hydrogens (tertiary/aromatic N) is 3. The van der Waals surface area contributed by atoms with Crippen LogP contribution < -0.4 is 9.47 Å². The summed E-state index contributed by atoms with van der Waals surface area (Å²) in [6.07, 6.45) is 8.88. The Bertz CT molecular complexity index is 1650. The molecule has 1 fully saturated rings. The smallest absolute Gasteiger partial charge is 0.410 e. The van der Waals surface area contributed by atoms with E-state index < -0.39 is 28.8 Å². The van der Waals surface area contributed by atoms with Crippen molar-refractivity contribution < 1.29 is 43.7 Å². The molecule has 6 unspecified atom stereocenters. The van der Waals surface area contributed by atoms with Crippen LogP contribution in [0.5, 0.6) is 17.2 Å². The first kappa shape index (κ1) is 39.7. The van der Waals surface area contributed by atoms with Crippen molar-refractivity contribution in [3.63, 3.8) is 0 Å². The van der Waals surface area contributed by atoms with E-state index in [1.807, 2.05) is 19.1 Å². The number of non-ortho nitro benzene ring substituents is 1. The van der Waals surface area contributed by atoms with Gasteiger partial charge in [-0.05, 0) is 80.7 Å². The first-order valence-electron chi connectivity index (χ1n) is 18.7. The average molecular weight is 736 g/mol. The molecule has 5 rings (SSSR count). The van der Waals surface area contributed by atoms with E-state index in [0.717, 1.165) is 36.8 Å². The molecule has 0 aromatic heterocycles. The fourth-order valence-electron chi connectivity index (χ4n) is 8.44. The van der Waals surface area contributed by atoms with Crippen molar-refractivity contribution in [2.75, 3.05) is 40.1 Å². The highest BCUT2D eigenvalue weighted by molar-refractivity contribution is 6.02. The highest BCUT2D eigenvalue weighted by Gasteiger charge is 2.65. The van der Waals surface area contributed by atoms with Crippen LogP contribution in [0.1, 0.15) is 76.7 Å².